The Morgan fingerprint density at radius 3 is 2.55 bits per heavy atom. The maximum atomic E-state index is 6.28. The van der Waals surface area contributed by atoms with Crippen LogP contribution in [-0.2, 0) is 7.05 Å². The van der Waals surface area contributed by atoms with Crippen LogP contribution in [0.4, 0.5) is 0 Å². The third-order valence-electron chi connectivity index (χ3n) is 3.26. The number of hydrogen-bond acceptors (Lipinski definition) is 3. The number of rotatable bonds is 6. The highest BCUT2D eigenvalue weighted by Crippen LogP contribution is 2.28. The minimum Gasteiger partial charge on any atom is -0.497 e. The van der Waals surface area contributed by atoms with Gasteiger partial charge in [0.15, 0.2) is 0 Å². The molecule has 0 saturated heterocycles. The molecule has 0 aliphatic heterocycles. The molecule has 20 heavy (non-hydrogen) atoms. The van der Waals surface area contributed by atoms with Crippen molar-refractivity contribution in [3.05, 3.63) is 46.7 Å². The van der Waals surface area contributed by atoms with Crippen LogP contribution >= 0.6 is 11.6 Å². The van der Waals surface area contributed by atoms with Gasteiger partial charge in [0.1, 0.15) is 5.75 Å². The van der Waals surface area contributed by atoms with Crippen LogP contribution in [0.3, 0.4) is 0 Å². The number of benzene rings is 1. The second kappa shape index (κ2) is 6.77. The van der Waals surface area contributed by atoms with E-state index in [1.54, 1.807) is 13.3 Å². The van der Waals surface area contributed by atoms with Crippen molar-refractivity contribution in [1.82, 2.24) is 15.1 Å². The van der Waals surface area contributed by atoms with Gasteiger partial charge in [0.05, 0.1) is 30.1 Å². The standard InChI is InChI=1S/C15H20ClN3O/c1-4-9-17-14(15-13(16)10-18-19(15)2)11-5-7-12(20-3)8-6-11/h5-8,10,14,17H,4,9H2,1-3H3. The fourth-order valence-electron chi connectivity index (χ4n) is 2.20. The molecule has 0 aliphatic carbocycles. The van der Waals surface area contributed by atoms with Gasteiger partial charge in [-0.25, -0.2) is 0 Å². The predicted molar refractivity (Wildman–Crippen MR) is 81.3 cm³/mol. The van der Waals surface area contributed by atoms with E-state index in [0.29, 0.717) is 5.02 Å². The molecule has 1 N–H and O–H groups in total. The number of nitrogens with one attached hydrogen (secondary N) is 1. The van der Waals surface area contributed by atoms with Crippen molar-refractivity contribution in [2.75, 3.05) is 13.7 Å². The lowest BCUT2D eigenvalue weighted by molar-refractivity contribution is 0.414. The molecule has 2 aromatic rings. The smallest absolute Gasteiger partial charge is 0.118 e. The van der Waals surface area contributed by atoms with Crippen LogP contribution < -0.4 is 10.1 Å². The van der Waals surface area contributed by atoms with Crippen molar-refractivity contribution in [3.63, 3.8) is 0 Å². The van der Waals surface area contributed by atoms with Crippen LogP contribution in [0.1, 0.15) is 30.6 Å². The largest absolute Gasteiger partial charge is 0.497 e. The van der Waals surface area contributed by atoms with Gasteiger partial charge in [0, 0.05) is 7.05 Å². The molecular formula is C15H20ClN3O. The van der Waals surface area contributed by atoms with Gasteiger partial charge >= 0.3 is 0 Å². The third-order valence-corrected chi connectivity index (χ3v) is 3.55. The number of hydrogen-bond donors (Lipinski definition) is 1. The number of methoxy groups -OCH3 is 1. The molecule has 0 fully saturated rings. The molecule has 108 valence electrons. The summed E-state index contributed by atoms with van der Waals surface area (Å²) < 4.78 is 7.02. The minimum atomic E-state index is 0.0286. The van der Waals surface area contributed by atoms with E-state index < -0.39 is 0 Å². The lowest BCUT2D eigenvalue weighted by atomic mass is 10.0. The average molecular weight is 294 g/mol. The van der Waals surface area contributed by atoms with Gasteiger partial charge in [-0.05, 0) is 30.7 Å². The van der Waals surface area contributed by atoms with Gasteiger partial charge in [0.2, 0.25) is 0 Å². The third kappa shape index (κ3) is 3.14. The number of aryl methyl sites for hydroxylation is 1. The summed E-state index contributed by atoms with van der Waals surface area (Å²) in [6, 6.07) is 8.05. The summed E-state index contributed by atoms with van der Waals surface area (Å²) in [7, 11) is 3.57. The molecule has 5 heteroatoms. The molecule has 1 unspecified atom stereocenters. The molecule has 4 nitrogen and oxygen atoms in total. The van der Waals surface area contributed by atoms with Gasteiger partial charge in [0.25, 0.3) is 0 Å². The molecule has 1 atom stereocenters. The summed E-state index contributed by atoms with van der Waals surface area (Å²) in [5.41, 5.74) is 2.12. The van der Waals surface area contributed by atoms with Crippen molar-refractivity contribution in [2.45, 2.75) is 19.4 Å². The Bertz CT molecular complexity index is 531. The van der Waals surface area contributed by atoms with Gasteiger partial charge in [-0.15, -0.1) is 0 Å². The summed E-state index contributed by atoms with van der Waals surface area (Å²) in [6.07, 6.45) is 2.74. The maximum Gasteiger partial charge on any atom is 0.118 e. The molecule has 1 aromatic heterocycles. The Labute approximate surface area is 124 Å². The summed E-state index contributed by atoms with van der Waals surface area (Å²) in [4.78, 5) is 0. The number of halogens is 1. The zero-order valence-corrected chi connectivity index (χ0v) is 12.8. The summed E-state index contributed by atoms with van der Waals surface area (Å²) >= 11 is 6.28. The lowest BCUT2D eigenvalue weighted by Crippen LogP contribution is -2.25. The highest BCUT2D eigenvalue weighted by Gasteiger charge is 2.20. The van der Waals surface area contributed by atoms with Crippen molar-refractivity contribution in [1.29, 1.82) is 0 Å². The highest BCUT2D eigenvalue weighted by molar-refractivity contribution is 6.31. The predicted octanol–water partition coefficient (Wildman–Crippen LogP) is 3.17. The minimum absolute atomic E-state index is 0.0286. The van der Waals surface area contributed by atoms with Crippen LogP contribution in [0.2, 0.25) is 5.02 Å². The van der Waals surface area contributed by atoms with E-state index in [4.69, 9.17) is 16.3 Å². The fourth-order valence-corrected chi connectivity index (χ4v) is 2.48. The second-order valence-corrected chi connectivity index (χ2v) is 5.07. The van der Waals surface area contributed by atoms with E-state index in [1.807, 2.05) is 23.9 Å². The Morgan fingerprint density at radius 2 is 2.05 bits per heavy atom. The van der Waals surface area contributed by atoms with Crippen LogP contribution in [-0.4, -0.2) is 23.4 Å². The molecule has 1 aromatic carbocycles. The molecule has 0 bridgehead atoms. The molecule has 2 rings (SSSR count). The van der Waals surface area contributed by atoms with Crippen molar-refractivity contribution < 1.29 is 4.74 Å². The van der Waals surface area contributed by atoms with E-state index >= 15 is 0 Å². The number of nitrogens with zero attached hydrogens (tertiary/aromatic N) is 2. The van der Waals surface area contributed by atoms with Crippen molar-refractivity contribution >= 4 is 11.6 Å². The quantitative estimate of drug-likeness (QED) is 0.889. The van der Waals surface area contributed by atoms with Crippen LogP contribution in [0, 0.1) is 0 Å². The normalized spacial score (nSPS) is 12.4. The summed E-state index contributed by atoms with van der Waals surface area (Å²) in [5, 5.41) is 8.42. The molecule has 0 spiro atoms. The topological polar surface area (TPSA) is 39.1 Å². The average Bonchev–Trinajstić information content (AvgIpc) is 2.80. The first-order chi connectivity index (χ1) is 9.67. The first-order valence-corrected chi connectivity index (χ1v) is 7.10. The molecule has 0 aliphatic rings. The zero-order chi connectivity index (χ0) is 14.5. The first-order valence-electron chi connectivity index (χ1n) is 6.72. The van der Waals surface area contributed by atoms with Gasteiger partial charge in [-0.2, -0.15) is 5.10 Å². The number of ether oxygens (including phenoxy) is 1. The summed E-state index contributed by atoms with van der Waals surface area (Å²) in [6.45, 7) is 3.06. The van der Waals surface area contributed by atoms with Crippen molar-refractivity contribution in [3.8, 4) is 5.75 Å². The van der Waals surface area contributed by atoms with Crippen LogP contribution in [0.15, 0.2) is 30.5 Å². The van der Waals surface area contributed by atoms with E-state index in [0.717, 1.165) is 30.0 Å². The monoisotopic (exact) mass is 293 g/mol. The maximum absolute atomic E-state index is 6.28. The Balaban J connectivity index is 2.36. The van der Waals surface area contributed by atoms with Crippen LogP contribution in [0.5, 0.6) is 5.75 Å². The SMILES string of the molecule is CCCNC(c1ccc(OC)cc1)c1c(Cl)cnn1C. The molecule has 0 amide bonds. The van der Waals surface area contributed by atoms with E-state index in [-0.39, 0.29) is 6.04 Å². The Morgan fingerprint density at radius 1 is 1.35 bits per heavy atom. The number of aromatic nitrogens is 2. The van der Waals surface area contributed by atoms with E-state index in [9.17, 15) is 0 Å². The molecule has 0 saturated carbocycles. The zero-order valence-electron chi connectivity index (χ0n) is 12.1. The van der Waals surface area contributed by atoms with Gasteiger partial charge in [-0.3, -0.25) is 4.68 Å². The van der Waals surface area contributed by atoms with Crippen molar-refractivity contribution in [2.24, 2.45) is 7.05 Å². The molecular weight excluding hydrogens is 274 g/mol. The first kappa shape index (κ1) is 14.9. The fraction of sp³-hybridized carbons (Fsp3) is 0.400. The van der Waals surface area contributed by atoms with Gasteiger partial charge < -0.3 is 10.1 Å². The van der Waals surface area contributed by atoms with E-state index in [2.05, 4.69) is 29.5 Å². The van der Waals surface area contributed by atoms with Crippen LogP contribution in [0.25, 0.3) is 0 Å². The molecule has 1 heterocycles. The molecule has 0 radical (unpaired) electrons. The Kier molecular flexibility index (Phi) is 5.04. The highest BCUT2D eigenvalue weighted by atomic mass is 35.5. The lowest BCUT2D eigenvalue weighted by Gasteiger charge is -2.20. The van der Waals surface area contributed by atoms with Gasteiger partial charge in [-0.1, -0.05) is 30.7 Å². The summed E-state index contributed by atoms with van der Waals surface area (Å²) in [5.74, 6) is 0.846. The Hall–Kier alpha value is -1.52. The van der Waals surface area contributed by atoms with E-state index in [1.165, 1.54) is 0 Å². The second-order valence-electron chi connectivity index (χ2n) is 4.66.